The van der Waals surface area contributed by atoms with E-state index in [1.54, 1.807) is 7.11 Å². The number of methoxy groups -OCH3 is 1. The van der Waals surface area contributed by atoms with E-state index in [0.29, 0.717) is 13.0 Å². The maximum absolute atomic E-state index is 5.31. The topological polar surface area (TPSA) is 83.1 Å². The highest BCUT2D eigenvalue weighted by Crippen LogP contribution is 2.13. The zero-order valence-corrected chi connectivity index (χ0v) is 12.0. The zero-order valence-electron chi connectivity index (χ0n) is 11.0. The second-order valence-electron chi connectivity index (χ2n) is 2.77. The Labute approximate surface area is 107 Å². The molecule has 0 amide bonds. The molecule has 0 aromatic carbocycles. The van der Waals surface area contributed by atoms with Gasteiger partial charge in [0.2, 0.25) is 0 Å². The summed E-state index contributed by atoms with van der Waals surface area (Å²) in [5.41, 5.74) is 0. The van der Waals surface area contributed by atoms with Crippen molar-refractivity contribution in [2.75, 3.05) is 48.4 Å². The highest BCUT2D eigenvalue weighted by Gasteiger charge is 2.51. The van der Waals surface area contributed by atoms with E-state index in [9.17, 15) is 0 Å². The van der Waals surface area contributed by atoms with E-state index in [1.165, 1.54) is 21.3 Å². The fraction of sp³-hybridized carbons (Fsp3) is 1.00. The van der Waals surface area contributed by atoms with Crippen LogP contribution in [-0.2, 0) is 42.3 Å². The van der Waals surface area contributed by atoms with Gasteiger partial charge in [-0.1, -0.05) is 0 Å². The van der Waals surface area contributed by atoms with Crippen molar-refractivity contribution in [3.63, 3.8) is 0 Å². The van der Waals surface area contributed by atoms with Gasteiger partial charge in [-0.2, -0.15) is 13.7 Å². The van der Waals surface area contributed by atoms with Crippen LogP contribution in [0.3, 0.4) is 0 Å². The van der Waals surface area contributed by atoms with Crippen molar-refractivity contribution in [3.8, 4) is 0 Å². The van der Waals surface area contributed by atoms with Gasteiger partial charge in [0.25, 0.3) is 0 Å². The van der Waals surface area contributed by atoms with Gasteiger partial charge in [0.05, 0.1) is 27.9 Å². The Morgan fingerprint density at radius 2 is 1.33 bits per heavy atom. The van der Waals surface area contributed by atoms with Crippen LogP contribution in [0.2, 0.25) is 0 Å². The Balaban J connectivity index is 3.97. The second-order valence-corrected chi connectivity index (χ2v) is 4.56. The SMILES string of the molecule is COCOCCCO[Si](OOC)(OOC)OOC. The number of ether oxygens (including phenoxy) is 2. The minimum Gasteiger partial charge on any atom is -0.359 e. The van der Waals surface area contributed by atoms with Gasteiger partial charge in [0.1, 0.15) is 6.79 Å². The third kappa shape index (κ3) is 8.05. The summed E-state index contributed by atoms with van der Waals surface area (Å²) >= 11 is 0. The quantitative estimate of drug-likeness (QED) is 0.155. The largest absolute Gasteiger partial charge is 0.764 e. The molecule has 0 saturated heterocycles. The lowest BCUT2D eigenvalue weighted by Gasteiger charge is -2.22. The molecule has 0 fully saturated rings. The van der Waals surface area contributed by atoms with Crippen LogP contribution >= 0.6 is 0 Å². The minimum atomic E-state index is -3.62. The minimum absolute atomic E-state index is 0.223. The lowest BCUT2D eigenvalue weighted by molar-refractivity contribution is -0.370. The highest BCUT2D eigenvalue weighted by molar-refractivity contribution is 6.52. The summed E-state index contributed by atoms with van der Waals surface area (Å²) in [6.45, 7) is 0.914. The summed E-state index contributed by atoms with van der Waals surface area (Å²) in [4.78, 5) is 13.5. The van der Waals surface area contributed by atoms with E-state index < -0.39 is 9.05 Å². The maximum Gasteiger partial charge on any atom is 0.764 e. The van der Waals surface area contributed by atoms with Crippen LogP contribution in [0.15, 0.2) is 0 Å². The normalized spacial score (nSPS) is 12.0. The first-order chi connectivity index (χ1) is 8.74. The smallest absolute Gasteiger partial charge is 0.359 e. The van der Waals surface area contributed by atoms with Crippen LogP contribution < -0.4 is 0 Å². The third-order valence-electron chi connectivity index (χ3n) is 1.47. The maximum atomic E-state index is 5.31. The molecule has 0 heterocycles. The molecule has 0 aromatic rings. The van der Waals surface area contributed by atoms with Gasteiger partial charge in [0.15, 0.2) is 0 Å². The van der Waals surface area contributed by atoms with Crippen molar-refractivity contribution < 1.29 is 42.3 Å². The lowest BCUT2D eigenvalue weighted by Crippen LogP contribution is -2.48. The first kappa shape index (κ1) is 17.9. The molecule has 0 radical (unpaired) electrons. The number of rotatable bonds is 13. The van der Waals surface area contributed by atoms with E-state index in [2.05, 4.69) is 14.7 Å². The predicted octanol–water partition coefficient (Wildman–Crippen LogP) is 0.183. The fourth-order valence-electron chi connectivity index (χ4n) is 0.920. The molecule has 0 rings (SSSR count). The Morgan fingerprint density at radius 1 is 0.778 bits per heavy atom. The Hall–Kier alpha value is -0.143. The zero-order chi connectivity index (χ0) is 13.7. The molecule has 0 saturated carbocycles. The van der Waals surface area contributed by atoms with Crippen LogP contribution in [0.4, 0.5) is 0 Å². The van der Waals surface area contributed by atoms with Crippen molar-refractivity contribution in [2.45, 2.75) is 6.42 Å². The summed E-state index contributed by atoms with van der Waals surface area (Å²) in [7, 11) is 1.77. The Morgan fingerprint density at radius 3 is 1.78 bits per heavy atom. The molecule has 0 aliphatic rings. The van der Waals surface area contributed by atoms with Gasteiger partial charge in [-0.3, -0.25) is 0 Å². The third-order valence-corrected chi connectivity index (χ3v) is 3.14. The molecule has 0 atom stereocenters. The number of hydrogen-bond acceptors (Lipinski definition) is 9. The van der Waals surface area contributed by atoms with Crippen molar-refractivity contribution in [2.24, 2.45) is 0 Å². The summed E-state index contributed by atoms with van der Waals surface area (Å²) in [6.07, 6.45) is 0.575. The van der Waals surface area contributed by atoms with E-state index in [-0.39, 0.29) is 13.4 Å². The molecule has 0 N–H and O–H groups in total. The van der Waals surface area contributed by atoms with Gasteiger partial charge in [-0.15, -0.1) is 0 Å². The van der Waals surface area contributed by atoms with Crippen LogP contribution in [-0.4, -0.2) is 57.5 Å². The van der Waals surface area contributed by atoms with Gasteiger partial charge < -0.3 is 13.9 Å². The molecular weight excluding hydrogens is 268 g/mol. The lowest BCUT2D eigenvalue weighted by atomic mass is 10.5. The molecule has 0 spiro atoms. The van der Waals surface area contributed by atoms with Gasteiger partial charge >= 0.3 is 9.05 Å². The summed E-state index contributed by atoms with van der Waals surface area (Å²) < 4.78 is 29.5. The van der Waals surface area contributed by atoms with Crippen molar-refractivity contribution in [1.82, 2.24) is 0 Å². The second kappa shape index (κ2) is 11.9. The molecule has 0 unspecified atom stereocenters. The molecule has 110 valence electrons. The van der Waals surface area contributed by atoms with Gasteiger partial charge in [-0.05, 0) is 6.42 Å². The van der Waals surface area contributed by atoms with E-state index in [1.807, 2.05) is 0 Å². The molecular formula is C8H20O9Si. The molecule has 10 heteroatoms. The molecule has 0 aliphatic carbocycles. The van der Waals surface area contributed by atoms with Crippen LogP contribution in [0.1, 0.15) is 6.42 Å². The average molecular weight is 288 g/mol. The molecule has 0 aromatic heterocycles. The van der Waals surface area contributed by atoms with Crippen molar-refractivity contribution in [1.29, 1.82) is 0 Å². The molecule has 0 bridgehead atoms. The molecule has 0 aliphatic heterocycles. The molecule has 18 heavy (non-hydrogen) atoms. The molecule has 9 nitrogen and oxygen atoms in total. The van der Waals surface area contributed by atoms with Gasteiger partial charge in [-0.25, -0.2) is 14.7 Å². The van der Waals surface area contributed by atoms with Crippen molar-refractivity contribution in [3.05, 3.63) is 0 Å². The average Bonchev–Trinajstić information content (AvgIpc) is 2.35. The standard InChI is InChI=1S/C8H20O9Si/c1-9-8-13-6-5-7-14-18(15-10-2,16-11-3)17-12-4/h5-8H2,1-4H3. The first-order valence-corrected chi connectivity index (χ1v) is 6.74. The highest BCUT2D eigenvalue weighted by atomic mass is 28.4. The fourth-order valence-corrected chi connectivity index (χ4v) is 2.15. The van der Waals surface area contributed by atoms with Crippen molar-refractivity contribution >= 4 is 9.05 Å². The summed E-state index contributed by atoms with van der Waals surface area (Å²) in [6, 6.07) is 0. The Bertz CT molecular complexity index is 165. The van der Waals surface area contributed by atoms with Crippen LogP contribution in [0, 0.1) is 0 Å². The van der Waals surface area contributed by atoms with E-state index in [0.717, 1.165) is 0 Å². The summed E-state index contributed by atoms with van der Waals surface area (Å²) in [5, 5.41) is 0. The van der Waals surface area contributed by atoms with Crippen LogP contribution in [0.5, 0.6) is 0 Å². The monoisotopic (exact) mass is 288 g/mol. The van der Waals surface area contributed by atoms with E-state index >= 15 is 0 Å². The van der Waals surface area contributed by atoms with Gasteiger partial charge in [0, 0.05) is 13.7 Å². The van der Waals surface area contributed by atoms with Crippen LogP contribution in [0.25, 0.3) is 0 Å². The van der Waals surface area contributed by atoms with E-state index in [4.69, 9.17) is 27.6 Å². The predicted molar refractivity (Wildman–Crippen MR) is 58.4 cm³/mol. The number of hydrogen-bond donors (Lipinski definition) is 0. The Kier molecular flexibility index (Phi) is 11.8. The first-order valence-electron chi connectivity index (χ1n) is 5.10. The summed E-state index contributed by atoms with van der Waals surface area (Å²) in [5.74, 6) is 0.